The minimum atomic E-state index is 0.0558. The number of ether oxygens (including phenoxy) is 4. The summed E-state index contributed by atoms with van der Waals surface area (Å²) in [6, 6.07) is 0. The maximum atomic E-state index is 5.54. The van der Waals surface area contributed by atoms with E-state index in [1.54, 1.807) is 7.11 Å². The summed E-state index contributed by atoms with van der Waals surface area (Å²) in [5.74, 6) is 0. The third-order valence-electron chi connectivity index (χ3n) is 2.26. The van der Waals surface area contributed by atoms with Gasteiger partial charge in [0.1, 0.15) is 18.3 Å². The molecule has 0 N–H and O–H groups in total. The molecular weight excluding hydrogens is 160 g/mol. The largest absolute Gasteiger partial charge is 0.382 e. The fourth-order valence-corrected chi connectivity index (χ4v) is 1.70. The molecule has 0 saturated carbocycles. The first-order chi connectivity index (χ1) is 5.92. The van der Waals surface area contributed by atoms with Crippen LogP contribution in [0.1, 0.15) is 0 Å². The molecule has 2 heterocycles. The molecule has 2 aliphatic heterocycles. The van der Waals surface area contributed by atoms with Crippen molar-refractivity contribution in [2.45, 2.75) is 18.3 Å². The number of fused-ring (bicyclic) bond motifs is 1. The molecule has 0 amide bonds. The van der Waals surface area contributed by atoms with Crippen molar-refractivity contribution >= 4 is 0 Å². The molecule has 3 unspecified atom stereocenters. The summed E-state index contributed by atoms with van der Waals surface area (Å²) >= 11 is 0. The van der Waals surface area contributed by atoms with Crippen LogP contribution in [-0.4, -0.2) is 51.8 Å². The lowest BCUT2D eigenvalue weighted by atomic mass is 10.1. The van der Waals surface area contributed by atoms with Gasteiger partial charge >= 0.3 is 0 Å². The average molecular weight is 174 g/mol. The quantitative estimate of drug-likeness (QED) is 0.581. The Balaban J connectivity index is 1.92. The maximum absolute atomic E-state index is 5.54. The maximum Gasteiger partial charge on any atom is 0.114 e. The molecule has 3 atom stereocenters. The highest BCUT2D eigenvalue weighted by Crippen LogP contribution is 2.23. The van der Waals surface area contributed by atoms with Gasteiger partial charge in [0.05, 0.1) is 26.4 Å². The van der Waals surface area contributed by atoms with Crippen molar-refractivity contribution in [1.29, 1.82) is 0 Å². The van der Waals surface area contributed by atoms with E-state index >= 15 is 0 Å². The van der Waals surface area contributed by atoms with Crippen LogP contribution in [0.3, 0.4) is 0 Å². The molecule has 2 rings (SSSR count). The zero-order valence-electron chi connectivity index (χ0n) is 7.19. The number of hydrogen-bond donors (Lipinski definition) is 0. The molecule has 2 saturated heterocycles. The molecule has 4 nitrogen and oxygen atoms in total. The van der Waals surface area contributed by atoms with Crippen LogP contribution < -0.4 is 0 Å². The first-order valence-corrected chi connectivity index (χ1v) is 4.25. The van der Waals surface area contributed by atoms with E-state index in [-0.39, 0.29) is 18.3 Å². The fraction of sp³-hybridized carbons (Fsp3) is 1.00. The summed E-state index contributed by atoms with van der Waals surface area (Å²) < 4.78 is 21.5. The molecule has 0 aromatic carbocycles. The Kier molecular flexibility index (Phi) is 2.60. The molecule has 0 spiro atoms. The van der Waals surface area contributed by atoms with E-state index in [0.29, 0.717) is 26.4 Å². The van der Waals surface area contributed by atoms with Gasteiger partial charge in [-0.15, -0.1) is 0 Å². The summed E-state index contributed by atoms with van der Waals surface area (Å²) in [5, 5.41) is 0. The number of hydrogen-bond acceptors (Lipinski definition) is 4. The summed E-state index contributed by atoms with van der Waals surface area (Å²) in [4.78, 5) is 0. The average Bonchev–Trinajstić information content (AvgIpc) is 2.50. The Morgan fingerprint density at radius 1 is 1.25 bits per heavy atom. The molecule has 2 fully saturated rings. The fourth-order valence-electron chi connectivity index (χ4n) is 1.70. The molecule has 0 aromatic rings. The van der Waals surface area contributed by atoms with E-state index in [4.69, 9.17) is 18.9 Å². The second-order valence-electron chi connectivity index (χ2n) is 3.07. The van der Waals surface area contributed by atoms with Crippen molar-refractivity contribution in [3.05, 3.63) is 0 Å². The number of rotatable bonds is 2. The molecule has 70 valence electrons. The Labute approximate surface area is 71.7 Å². The van der Waals surface area contributed by atoms with Gasteiger partial charge in [-0.05, 0) is 0 Å². The summed E-state index contributed by atoms with van der Waals surface area (Å²) in [5.41, 5.74) is 0. The minimum Gasteiger partial charge on any atom is -0.382 e. The van der Waals surface area contributed by atoms with Crippen LogP contribution in [0.2, 0.25) is 0 Å². The highest BCUT2D eigenvalue weighted by atomic mass is 16.6. The van der Waals surface area contributed by atoms with Crippen LogP contribution in [0.4, 0.5) is 0 Å². The van der Waals surface area contributed by atoms with Gasteiger partial charge < -0.3 is 18.9 Å². The molecular formula is C8H14O4. The van der Waals surface area contributed by atoms with Gasteiger partial charge in [-0.2, -0.15) is 0 Å². The molecule has 0 radical (unpaired) electrons. The monoisotopic (exact) mass is 174 g/mol. The topological polar surface area (TPSA) is 36.9 Å². The lowest BCUT2D eigenvalue weighted by Gasteiger charge is -2.27. The van der Waals surface area contributed by atoms with Crippen LogP contribution in [0.25, 0.3) is 0 Å². The molecule has 12 heavy (non-hydrogen) atoms. The molecule has 0 aliphatic carbocycles. The third kappa shape index (κ3) is 1.47. The summed E-state index contributed by atoms with van der Waals surface area (Å²) in [6.45, 7) is 2.58. The zero-order valence-corrected chi connectivity index (χ0v) is 7.19. The van der Waals surface area contributed by atoms with Crippen molar-refractivity contribution in [3.63, 3.8) is 0 Å². The molecule has 0 bridgehead atoms. The predicted octanol–water partition coefficient (Wildman–Crippen LogP) is -0.184. The van der Waals surface area contributed by atoms with Gasteiger partial charge in [0.2, 0.25) is 0 Å². The predicted molar refractivity (Wildman–Crippen MR) is 41.1 cm³/mol. The smallest absolute Gasteiger partial charge is 0.114 e. The van der Waals surface area contributed by atoms with Gasteiger partial charge in [-0.1, -0.05) is 0 Å². The van der Waals surface area contributed by atoms with E-state index in [9.17, 15) is 0 Å². The van der Waals surface area contributed by atoms with Crippen LogP contribution in [0.15, 0.2) is 0 Å². The van der Waals surface area contributed by atoms with Crippen molar-refractivity contribution < 1.29 is 18.9 Å². The third-order valence-corrected chi connectivity index (χ3v) is 2.26. The van der Waals surface area contributed by atoms with Crippen LogP contribution >= 0.6 is 0 Å². The highest BCUT2D eigenvalue weighted by Gasteiger charge is 2.40. The van der Waals surface area contributed by atoms with Crippen LogP contribution in [0, 0.1) is 0 Å². The SMILES string of the molecule is COCC1OCC2OCCOC12. The van der Waals surface area contributed by atoms with E-state index in [1.807, 2.05) is 0 Å². The zero-order chi connectivity index (χ0) is 8.39. The Morgan fingerprint density at radius 2 is 2.08 bits per heavy atom. The normalized spacial score (nSPS) is 41.2. The molecule has 4 heteroatoms. The standard InChI is InChI=1S/C8H14O4/c1-9-4-6-8-7(5-12-6)10-2-3-11-8/h6-8H,2-5H2,1H3. The van der Waals surface area contributed by atoms with E-state index in [0.717, 1.165) is 0 Å². The van der Waals surface area contributed by atoms with Crippen LogP contribution in [0.5, 0.6) is 0 Å². The van der Waals surface area contributed by atoms with Crippen molar-refractivity contribution in [3.8, 4) is 0 Å². The highest BCUT2D eigenvalue weighted by molar-refractivity contribution is 4.87. The lowest BCUT2D eigenvalue weighted by molar-refractivity contribution is -0.132. The Morgan fingerprint density at radius 3 is 2.92 bits per heavy atom. The number of methoxy groups -OCH3 is 1. The summed E-state index contributed by atoms with van der Waals surface area (Å²) in [6.07, 6.45) is 0.262. The van der Waals surface area contributed by atoms with Crippen molar-refractivity contribution in [2.24, 2.45) is 0 Å². The molecule has 0 aromatic heterocycles. The minimum absolute atomic E-state index is 0.0558. The Bertz CT molecular complexity index is 150. The lowest BCUT2D eigenvalue weighted by Crippen LogP contribution is -2.42. The van der Waals surface area contributed by atoms with Crippen molar-refractivity contribution in [2.75, 3.05) is 33.5 Å². The van der Waals surface area contributed by atoms with Gasteiger partial charge in [0, 0.05) is 7.11 Å². The second kappa shape index (κ2) is 3.70. The van der Waals surface area contributed by atoms with Crippen molar-refractivity contribution in [1.82, 2.24) is 0 Å². The Hall–Kier alpha value is -0.160. The molecule has 2 aliphatic rings. The van der Waals surface area contributed by atoms with E-state index in [2.05, 4.69) is 0 Å². The van der Waals surface area contributed by atoms with Gasteiger partial charge in [-0.25, -0.2) is 0 Å². The first kappa shape index (κ1) is 8.44. The van der Waals surface area contributed by atoms with Gasteiger partial charge in [0.25, 0.3) is 0 Å². The van der Waals surface area contributed by atoms with E-state index < -0.39 is 0 Å². The first-order valence-electron chi connectivity index (χ1n) is 4.25. The summed E-state index contributed by atoms with van der Waals surface area (Å²) in [7, 11) is 1.67. The van der Waals surface area contributed by atoms with Gasteiger partial charge in [-0.3, -0.25) is 0 Å². The van der Waals surface area contributed by atoms with Crippen LogP contribution in [-0.2, 0) is 18.9 Å². The van der Waals surface area contributed by atoms with E-state index in [1.165, 1.54) is 0 Å². The second-order valence-corrected chi connectivity index (χ2v) is 3.07. The van der Waals surface area contributed by atoms with Gasteiger partial charge in [0.15, 0.2) is 0 Å².